The highest BCUT2D eigenvalue weighted by atomic mass is 16.5. The summed E-state index contributed by atoms with van der Waals surface area (Å²) >= 11 is 0. The molecule has 1 unspecified atom stereocenters. The van der Waals surface area contributed by atoms with Crippen molar-refractivity contribution in [2.24, 2.45) is 5.92 Å². The standard InChI is InChI=1S/C13H13NO4/c1-2-18-13(17)11(12(15)16)7-9-4-3-5-10(6-9)8-14/h3-6,11H,2,7H2,1H3,(H,15,16). The quantitative estimate of drug-likeness (QED) is 0.627. The predicted molar refractivity (Wildman–Crippen MR) is 62.6 cm³/mol. The third-order valence-electron chi connectivity index (χ3n) is 2.37. The molecule has 5 heteroatoms. The number of carbonyl (C=O) groups is 2. The summed E-state index contributed by atoms with van der Waals surface area (Å²) in [4.78, 5) is 22.5. The van der Waals surface area contributed by atoms with Crippen molar-refractivity contribution in [1.82, 2.24) is 0 Å². The van der Waals surface area contributed by atoms with Crippen LogP contribution in [0.3, 0.4) is 0 Å². The maximum atomic E-state index is 11.5. The van der Waals surface area contributed by atoms with Gasteiger partial charge < -0.3 is 9.84 Å². The molecule has 1 atom stereocenters. The Bertz CT molecular complexity index is 490. The Morgan fingerprint density at radius 3 is 2.78 bits per heavy atom. The molecule has 1 rings (SSSR count). The summed E-state index contributed by atoms with van der Waals surface area (Å²) in [6.07, 6.45) is 0.0175. The summed E-state index contributed by atoms with van der Waals surface area (Å²) in [5.74, 6) is -3.22. The van der Waals surface area contributed by atoms with E-state index < -0.39 is 17.9 Å². The second-order valence-corrected chi connectivity index (χ2v) is 3.66. The Kier molecular flexibility index (Phi) is 4.88. The molecule has 0 amide bonds. The van der Waals surface area contributed by atoms with Crippen LogP contribution in [-0.4, -0.2) is 23.7 Å². The van der Waals surface area contributed by atoms with Crippen molar-refractivity contribution in [3.05, 3.63) is 35.4 Å². The Hall–Kier alpha value is -2.35. The van der Waals surface area contributed by atoms with Gasteiger partial charge in [-0.15, -0.1) is 0 Å². The molecule has 0 saturated heterocycles. The predicted octanol–water partition coefficient (Wildman–Crippen LogP) is 1.36. The van der Waals surface area contributed by atoms with Gasteiger partial charge in [0.25, 0.3) is 0 Å². The van der Waals surface area contributed by atoms with Crippen LogP contribution in [0, 0.1) is 17.2 Å². The van der Waals surface area contributed by atoms with E-state index in [1.807, 2.05) is 6.07 Å². The smallest absolute Gasteiger partial charge is 0.320 e. The van der Waals surface area contributed by atoms with E-state index in [1.54, 1.807) is 31.2 Å². The highest BCUT2D eigenvalue weighted by Gasteiger charge is 2.27. The van der Waals surface area contributed by atoms with E-state index in [1.165, 1.54) is 0 Å². The second-order valence-electron chi connectivity index (χ2n) is 3.66. The van der Waals surface area contributed by atoms with E-state index in [2.05, 4.69) is 0 Å². The minimum absolute atomic E-state index is 0.0175. The SMILES string of the molecule is CCOC(=O)C(Cc1cccc(C#N)c1)C(=O)O. The summed E-state index contributed by atoms with van der Waals surface area (Å²) in [5.41, 5.74) is 1.05. The maximum absolute atomic E-state index is 11.5. The van der Waals surface area contributed by atoms with Crippen LogP contribution in [0.4, 0.5) is 0 Å². The largest absolute Gasteiger partial charge is 0.481 e. The van der Waals surface area contributed by atoms with Gasteiger partial charge in [-0.3, -0.25) is 9.59 Å². The second kappa shape index (κ2) is 6.40. The molecule has 0 aliphatic heterocycles. The molecule has 0 radical (unpaired) electrons. The molecule has 5 nitrogen and oxygen atoms in total. The molecule has 94 valence electrons. The molecular weight excluding hydrogens is 234 g/mol. The van der Waals surface area contributed by atoms with Gasteiger partial charge in [0.15, 0.2) is 5.92 Å². The summed E-state index contributed by atoms with van der Waals surface area (Å²) in [5, 5.41) is 17.7. The number of nitriles is 1. The van der Waals surface area contributed by atoms with Gasteiger partial charge in [0.2, 0.25) is 0 Å². The fraction of sp³-hybridized carbons (Fsp3) is 0.308. The van der Waals surface area contributed by atoms with Gasteiger partial charge in [-0.2, -0.15) is 5.26 Å². The minimum Gasteiger partial charge on any atom is -0.481 e. The number of rotatable bonds is 5. The molecule has 0 bridgehead atoms. The van der Waals surface area contributed by atoms with Gasteiger partial charge in [-0.25, -0.2) is 0 Å². The molecule has 0 saturated carbocycles. The lowest BCUT2D eigenvalue weighted by molar-refractivity contribution is -0.158. The monoisotopic (exact) mass is 247 g/mol. The topological polar surface area (TPSA) is 87.4 Å². The zero-order valence-corrected chi connectivity index (χ0v) is 9.92. The van der Waals surface area contributed by atoms with Crippen LogP contribution < -0.4 is 0 Å². The average Bonchev–Trinajstić information content (AvgIpc) is 2.36. The van der Waals surface area contributed by atoms with Crippen molar-refractivity contribution < 1.29 is 19.4 Å². The Morgan fingerprint density at radius 1 is 1.50 bits per heavy atom. The lowest BCUT2D eigenvalue weighted by atomic mass is 9.98. The molecule has 0 spiro atoms. The molecule has 0 fully saturated rings. The van der Waals surface area contributed by atoms with Crippen molar-refractivity contribution in [1.29, 1.82) is 5.26 Å². The number of aliphatic carboxylic acids is 1. The minimum atomic E-state index is -1.24. The lowest BCUT2D eigenvalue weighted by Gasteiger charge is -2.11. The molecule has 0 aliphatic carbocycles. The fourth-order valence-electron chi connectivity index (χ4n) is 1.52. The number of esters is 1. The Balaban J connectivity index is 2.87. The van der Waals surface area contributed by atoms with Crippen molar-refractivity contribution in [2.75, 3.05) is 6.61 Å². The summed E-state index contributed by atoms with van der Waals surface area (Å²) < 4.78 is 4.71. The van der Waals surface area contributed by atoms with Crippen LogP contribution in [0.1, 0.15) is 18.1 Å². The molecule has 1 aromatic rings. The van der Waals surface area contributed by atoms with Crippen LogP contribution in [0.5, 0.6) is 0 Å². The maximum Gasteiger partial charge on any atom is 0.320 e. The first-order valence-electron chi connectivity index (χ1n) is 5.47. The van der Waals surface area contributed by atoms with Crippen LogP contribution >= 0.6 is 0 Å². The first-order chi connectivity index (χ1) is 8.58. The molecule has 1 aromatic carbocycles. The van der Waals surface area contributed by atoms with Crippen molar-refractivity contribution >= 4 is 11.9 Å². The van der Waals surface area contributed by atoms with Crippen LogP contribution in [0.15, 0.2) is 24.3 Å². The zero-order chi connectivity index (χ0) is 13.5. The number of ether oxygens (including phenoxy) is 1. The van der Waals surface area contributed by atoms with E-state index in [0.717, 1.165) is 0 Å². The van der Waals surface area contributed by atoms with Gasteiger partial charge in [0.05, 0.1) is 18.2 Å². The summed E-state index contributed by atoms with van der Waals surface area (Å²) in [7, 11) is 0. The highest BCUT2D eigenvalue weighted by Crippen LogP contribution is 2.13. The highest BCUT2D eigenvalue weighted by molar-refractivity contribution is 5.94. The third-order valence-corrected chi connectivity index (χ3v) is 2.37. The number of hydrogen-bond donors (Lipinski definition) is 1. The van der Waals surface area contributed by atoms with Crippen molar-refractivity contribution in [3.63, 3.8) is 0 Å². The van der Waals surface area contributed by atoms with Gasteiger partial charge in [-0.05, 0) is 31.0 Å². The van der Waals surface area contributed by atoms with Gasteiger partial charge in [0, 0.05) is 0 Å². The fourth-order valence-corrected chi connectivity index (χ4v) is 1.52. The van der Waals surface area contributed by atoms with E-state index in [4.69, 9.17) is 15.1 Å². The molecule has 0 heterocycles. The third kappa shape index (κ3) is 3.59. The number of benzene rings is 1. The zero-order valence-electron chi connectivity index (χ0n) is 9.92. The normalized spacial score (nSPS) is 11.3. The molecule has 18 heavy (non-hydrogen) atoms. The van der Waals surface area contributed by atoms with Crippen LogP contribution in [0.25, 0.3) is 0 Å². The number of nitrogens with zero attached hydrogens (tertiary/aromatic N) is 1. The van der Waals surface area contributed by atoms with E-state index in [9.17, 15) is 9.59 Å². The summed E-state index contributed by atoms with van der Waals surface area (Å²) in [6.45, 7) is 1.76. The number of carbonyl (C=O) groups excluding carboxylic acids is 1. The van der Waals surface area contributed by atoms with Crippen LogP contribution in [-0.2, 0) is 20.7 Å². The van der Waals surface area contributed by atoms with Gasteiger partial charge in [-0.1, -0.05) is 12.1 Å². The molecule has 1 N–H and O–H groups in total. The molecule has 0 aromatic heterocycles. The number of carboxylic acids is 1. The number of carboxylic acid groups (broad SMARTS) is 1. The van der Waals surface area contributed by atoms with Gasteiger partial charge >= 0.3 is 11.9 Å². The van der Waals surface area contributed by atoms with Gasteiger partial charge in [0.1, 0.15) is 0 Å². The van der Waals surface area contributed by atoms with Crippen molar-refractivity contribution in [3.8, 4) is 6.07 Å². The summed E-state index contributed by atoms with van der Waals surface area (Å²) in [6, 6.07) is 8.47. The first-order valence-corrected chi connectivity index (χ1v) is 5.47. The van der Waals surface area contributed by atoms with Crippen molar-refractivity contribution in [2.45, 2.75) is 13.3 Å². The van der Waals surface area contributed by atoms with E-state index >= 15 is 0 Å². The van der Waals surface area contributed by atoms with E-state index in [0.29, 0.717) is 11.1 Å². The van der Waals surface area contributed by atoms with Crippen LogP contribution in [0.2, 0.25) is 0 Å². The number of hydrogen-bond acceptors (Lipinski definition) is 4. The Morgan fingerprint density at radius 2 is 2.22 bits per heavy atom. The Labute approximate surface area is 105 Å². The molecular formula is C13H13NO4. The lowest BCUT2D eigenvalue weighted by Crippen LogP contribution is -2.28. The molecule has 0 aliphatic rings. The average molecular weight is 247 g/mol. The first kappa shape index (κ1) is 13.7. The van der Waals surface area contributed by atoms with E-state index in [-0.39, 0.29) is 13.0 Å².